The molecule has 0 aliphatic carbocycles. The lowest BCUT2D eigenvalue weighted by Gasteiger charge is -1.92. The van der Waals surface area contributed by atoms with Crippen LogP contribution >= 0.6 is 27.3 Å². The van der Waals surface area contributed by atoms with Crippen molar-refractivity contribution in [3.8, 4) is 0 Å². The van der Waals surface area contributed by atoms with Crippen molar-refractivity contribution < 1.29 is 4.79 Å². The Hall–Kier alpha value is -1.01. The first-order valence-electron chi connectivity index (χ1n) is 4.29. The summed E-state index contributed by atoms with van der Waals surface area (Å²) in [6.45, 7) is 0. The van der Waals surface area contributed by atoms with E-state index in [0.29, 0.717) is 12.1 Å². The summed E-state index contributed by atoms with van der Waals surface area (Å²) in [6.07, 6.45) is 2.01. The Balaban J connectivity index is 2.10. The highest BCUT2D eigenvalue weighted by atomic mass is 79.9. The summed E-state index contributed by atoms with van der Waals surface area (Å²) in [4.78, 5) is 12.7. The zero-order valence-electron chi connectivity index (χ0n) is 7.98. The molecule has 0 aromatic carbocycles. The number of nitrogens with zero attached hydrogens (tertiary/aromatic N) is 3. The van der Waals surface area contributed by atoms with E-state index < -0.39 is 0 Å². The lowest BCUT2D eigenvalue weighted by molar-refractivity contribution is 0.0989. The molecule has 78 valence electrons. The first-order valence-corrected chi connectivity index (χ1v) is 5.90. The maximum Gasteiger partial charge on any atom is 0.189 e. The number of ketones is 1. The molecule has 0 radical (unpaired) electrons. The number of hydrogen-bond donors (Lipinski definition) is 0. The van der Waals surface area contributed by atoms with E-state index in [4.69, 9.17) is 0 Å². The SMILES string of the molecule is Cn1cc(C(=O)Cc2ccc(Br)s2)nn1. The summed E-state index contributed by atoms with van der Waals surface area (Å²) in [6, 6.07) is 3.87. The number of halogens is 1. The van der Waals surface area contributed by atoms with Crippen molar-refractivity contribution in [2.45, 2.75) is 6.42 Å². The van der Waals surface area contributed by atoms with Crippen LogP contribution in [0.3, 0.4) is 0 Å². The molecule has 2 rings (SSSR count). The van der Waals surface area contributed by atoms with Gasteiger partial charge in [-0.25, -0.2) is 0 Å². The lowest BCUT2D eigenvalue weighted by Crippen LogP contribution is -2.02. The number of aryl methyl sites for hydroxylation is 1. The number of carbonyl (C=O) groups excluding carboxylic acids is 1. The maximum atomic E-state index is 11.7. The molecule has 2 heterocycles. The first kappa shape index (κ1) is 10.5. The van der Waals surface area contributed by atoms with E-state index in [1.807, 2.05) is 12.1 Å². The van der Waals surface area contributed by atoms with Gasteiger partial charge in [0.1, 0.15) is 5.69 Å². The third kappa shape index (κ3) is 2.51. The highest BCUT2D eigenvalue weighted by Crippen LogP contribution is 2.23. The number of hydrogen-bond acceptors (Lipinski definition) is 4. The Morgan fingerprint density at radius 1 is 1.60 bits per heavy atom. The minimum Gasteiger partial charge on any atom is -0.292 e. The minimum atomic E-state index is -0.00236. The Morgan fingerprint density at radius 3 is 2.93 bits per heavy atom. The predicted molar refractivity (Wildman–Crippen MR) is 61.1 cm³/mol. The van der Waals surface area contributed by atoms with Gasteiger partial charge in [0.2, 0.25) is 0 Å². The standard InChI is InChI=1S/C9H8BrN3OS/c1-13-5-7(11-12-13)8(14)4-6-2-3-9(10)15-6/h2-3,5H,4H2,1H3. The molecule has 0 amide bonds. The minimum absolute atomic E-state index is 0.00236. The van der Waals surface area contributed by atoms with Gasteiger partial charge >= 0.3 is 0 Å². The highest BCUT2D eigenvalue weighted by Gasteiger charge is 2.11. The molecule has 0 saturated carbocycles. The number of thiophene rings is 1. The Labute approximate surface area is 99.0 Å². The molecule has 0 bridgehead atoms. The normalized spacial score (nSPS) is 10.5. The van der Waals surface area contributed by atoms with Crippen molar-refractivity contribution in [1.29, 1.82) is 0 Å². The fourth-order valence-corrected chi connectivity index (χ4v) is 2.65. The van der Waals surface area contributed by atoms with E-state index in [-0.39, 0.29) is 5.78 Å². The molecule has 0 N–H and O–H groups in total. The molecule has 15 heavy (non-hydrogen) atoms. The van der Waals surface area contributed by atoms with Crippen molar-refractivity contribution in [2.24, 2.45) is 7.05 Å². The van der Waals surface area contributed by atoms with Crippen molar-refractivity contribution in [3.05, 3.63) is 32.7 Å². The summed E-state index contributed by atoms with van der Waals surface area (Å²) in [5, 5.41) is 7.50. The van der Waals surface area contributed by atoms with E-state index in [2.05, 4.69) is 26.2 Å². The third-order valence-corrected chi connectivity index (χ3v) is 3.48. The second-order valence-corrected chi connectivity index (χ2v) is 5.63. The molecule has 0 saturated heterocycles. The van der Waals surface area contributed by atoms with Crippen molar-refractivity contribution in [2.75, 3.05) is 0 Å². The van der Waals surface area contributed by atoms with Crippen LogP contribution in [-0.4, -0.2) is 20.8 Å². The van der Waals surface area contributed by atoms with Gasteiger partial charge in [0, 0.05) is 18.3 Å². The van der Waals surface area contributed by atoms with Crippen LogP contribution in [0.1, 0.15) is 15.4 Å². The molecule has 2 aromatic rings. The van der Waals surface area contributed by atoms with Gasteiger partial charge in [-0.15, -0.1) is 16.4 Å². The Morgan fingerprint density at radius 2 is 2.40 bits per heavy atom. The summed E-state index contributed by atoms with van der Waals surface area (Å²) in [5.74, 6) is -0.00236. The molecule has 0 aliphatic rings. The summed E-state index contributed by atoms with van der Waals surface area (Å²) < 4.78 is 2.56. The molecule has 2 aromatic heterocycles. The molecule has 0 spiro atoms. The van der Waals surface area contributed by atoms with E-state index in [1.54, 1.807) is 24.6 Å². The zero-order chi connectivity index (χ0) is 10.8. The fraction of sp³-hybridized carbons (Fsp3) is 0.222. The van der Waals surface area contributed by atoms with Crippen LogP contribution in [0.4, 0.5) is 0 Å². The fourth-order valence-electron chi connectivity index (χ4n) is 1.17. The summed E-state index contributed by atoms with van der Waals surface area (Å²) in [5.41, 5.74) is 0.419. The second kappa shape index (κ2) is 4.24. The average molecular weight is 286 g/mol. The molecular weight excluding hydrogens is 278 g/mol. The quantitative estimate of drug-likeness (QED) is 0.811. The van der Waals surface area contributed by atoms with Crippen LogP contribution in [0.2, 0.25) is 0 Å². The molecule has 0 fully saturated rings. The smallest absolute Gasteiger partial charge is 0.189 e. The van der Waals surface area contributed by atoms with E-state index in [9.17, 15) is 4.79 Å². The monoisotopic (exact) mass is 285 g/mol. The largest absolute Gasteiger partial charge is 0.292 e. The van der Waals surface area contributed by atoms with Gasteiger partial charge < -0.3 is 0 Å². The molecule has 0 aliphatic heterocycles. The highest BCUT2D eigenvalue weighted by molar-refractivity contribution is 9.11. The van der Waals surface area contributed by atoms with Gasteiger partial charge in [0.25, 0.3) is 0 Å². The van der Waals surface area contributed by atoms with Gasteiger partial charge in [0.05, 0.1) is 9.98 Å². The number of carbonyl (C=O) groups is 1. The molecule has 6 heteroatoms. The van der Waals surface area contributed by atoms with Gasteiger partial charge in [-0.1, -0.05) is 5.21 Å². The third-order valence-electron chi connectivity index (χ3n) is 1.85. The van der Waals surface area contributed by atoms with E-state index >= 15 is 0 Å². The van der Waals surface area contributed by atoms with Gasteiger partial charge in [-0.3, -0.25) is 9.48 Å². The molecular formula is C9H8BrN3OS. The van der Waals surface area contributed by atoms with Crippen LogP contribution < -0.4 is 0 Å². The van der Waals surface area contributed by atoms with Crippen LogP contribution in [0, 0.1) is 0 Å². The lowest BCUT2D eigenvalue weighted by atomic mass is 10.2. The Kier molecular flexibility index (Phi) is 2.97. The molecule has 0 unspecified atom stereocenters. The second-order valence-electron chi connectivity index (χ2n) is 3.08. The van der Waals surface area contributed by atoms with Crippen LogP contribution in [-0.2, 0) is 13.5 Å². The van der Waals surface area contributed by atoms with Crippen molar-refractivity contribution in [3.63, 3.8) is 0 Å². The topological polar surface area (TPSA) is 47.8 Å². The van der Waals surface area contributed by atoms with Crippen LogP contribution in [0.5, 0.6) is 0 Å². The van der Waals surface area contributed by atoms with E-state index in [1.165, 1.54) is 4.68 Å². The first-order chi connectivity index (χ1) is 7.15. The number of rotatable bonds is 3. The number of Topliss-reactive ketones (excluding diaryl/α,β-unsaturated/α-hetero) is 1. The zero-order valence-corrected chi connectivity index (χ0v) is 10.4. The predicted octanol–water partition coefficient (Wildman–Crippen LogP) is 2.06. The van der Waals surface area contributed by atoms with Crippen molar-refractivity contribution in [1.82, 2.24) is 15.0 Å². The molecule has 0 atom stereocenters. The van der Waals surface area contributed by atoms with Crippen LogP contribution in [0.15, 0.2) is 22.1 Å². The summed E-state index contributed by atoms with van der Waals surface area (Å²) in [7, 11) is 1.74. The maximum absolute atomic E-state index is 11.7. The van der Waals surface area contributed by atoms with Crippen LogP contribution in [0.25, 0.3) is 0 Å². The van der Waals surface area contributed by atoms with Gasteiger partial charge in [-0.2, -0.15) is 0 Å². The average Bonchev–Trinajstić information content (AvgIpc) is 2.75. The summed E-state index contributed by atoms with van der Waals surface area (Å²) >= 11 is 4.92. The molecule has 4 nitrogen and oxygen atoms in total. The van der Waals surface area contributed by atoms with E-state index in [0.717, 1.165) is 8.66 Å². The Bertz CT molecular complexity index is 491. The van der Waals surface area contributed by atoms with Gasteiger partial charge in [-0.05, 0) is 28.1 Å². The van der Waals surface area contributed by atoms with Crippen molar-refractivity contribution >= 4 is 33.0 Å². The van der Waals surface area contributed by atoms with Gasteiger partial charge in [0.15, 0.2) is 5.78 Å². The number of aromatic nitrogens is 3.